The molecule has 1 aliphatic heterocycles. The number of anilines is 2. The van der Waals surface area contributed by atoms with Gasteiger partial charge in [-0.25, -0.2) is 4.79 Å². The highest BCUT2D eigenvalue weighted by Gasteiger charge is 2.34. The molecule has 2 aromatic heterocycles. The average molecular weight is 410 g/mol. The van der Waals surface area contributed by atoms with Crippen LogP contribution in [0.3, 0.4) is 0 Å². The van der Waals surface area contributed by atoms with Crippen molar-refractivity contribution in [3.8, 4) is 0 Å². The highest BCUT2D eigenvalue weighted by Crippen LogP contribution is 2.24. The molecule has 0 spiro atoms. The maximum Gasteiger partial charge on any atom is 0.358 e. The first-order valence-electron chi connectivity index (χ1n) is 8.53. The molecule has 2 amide bonds. The minimum atomic E-state index is -0.574. The largest absolute Gasteiger partial charge is 0.464 e. The fraction of sp³-hybridized carbons (Fsp3) is 0.167. The van der Waals surface area contributed by atoms with Gasteiger partial charge in [0.2, 0.25) is 5.13 Å². The van der Waals surface area contributed by atoms with Crippen LogP contribution in [-0.2, 0) is 11.2 Å². The molecule has 29 heavy (non-hydrogen) atoms. The molecule has 3 aromatic rings. The van der Waals surface area contributed by atoms with Crippen molar-refractivity contribution in [3.05, 3.63) is 58.2 Å². The third-order valence-corrected chi connectivity index (χ3v) is 5.09. The van der Waals surface area contributed by atoms with Gasteiger partial charge in [-0.05, 0) is 24.3 Å². The van der Waals surface area contributed by atoms with E-state index in [1.807, 2.05) is 0 Å². The number of hydrogen-bond donors (Lipinski definition) is 1. The second kappa shape index (κ2) is 7.72. The number of carbonyl (C=O) groups is 3. The number of imide groups is 1. The number of aromatic nitrogens is 4. The van der Waals surface area contributed by atoms with Crippen LogP contribution in [0, 0.1) is 0 Å². The van der Waals surface area contributed by atoms with Gasteiger partial charge in [0.1, 0.15) is 5.01 Å². The van der Waals surface area contributed by atoms with Gasteiger partial charge >= 0.3 is 5.97 Å². The van der Waals surface area contributed by atoms with Crippen LogP contribution in [0.15, 0.2) is 36.4 Å². The van der Waals surface area contributed by atoms with Crippen molar-refractivity contribution in [1.82, 2.24) is 25.3 Å². The number of esters is 1. The Morgan fingerprint density at radius 2 is 1.76 bits per heavy atom. The normalized spacial score (nSPS) is 12.8. The molecule has 1 aliphatic rings. The molecule has 0 fully saturated rings. The van der Waals surface area contributed by atoms with E-state index < -0.39 is 5.97 Å². The van der Waals surface area contributed by atoms with Crippen molar-refractivity contribution in [2.75, 3.05) is 19.0 Å². The number of hydrogen-bond acceptors (Lipinski definition) is 10. The fourth-order valence-electron chi connectivity index (χ4n) is 2.78. The zero-order chi connectivity index (χ0) is 20.4. The summed E-state index contributed by atoms with van der Waals surface area (Å²) in [6.07, 6.45) is 0.387. The van der Waals surface area contributed by atoms with E-state index in [-0.39, 0.29) is 24.1 Å². The molecule has 10 nitrogen and oxygen atoms in total. The van der Waals surface area contributed by atoms with Crippen LogP contribution in [0.25, 0.3) is 0 Å². The first-order chi connectivity index (χ1) is 14.1. The summed E-state index contributed by atoms with van der Waals surface area (Å²) in [7, 11) is 1.26. The van der Waals surface area contributed by atoms with E-state index in [1.165, 1.54) is 29.4 Å². The SMILES string of the molecule is COC(=O)c1ccc(Nc2nnc(CCN3C(=O)c4ccccc4C3=O)s2)nn1. The number of nitrogens with zero attached hydrogens (tertiary/aromatic N) is 5. The van der Waals surface area contributed by atoms with Crippen molar-refractivity contribution in [2.45, 2.75) is 6.42 Å². The Bertz CT molecular complexity index is 1060. The monoisotopic (exact) mass is 410 g/mol. The molecule has 0 saturated carbocycles. The minimum Gasteiger partial charge on any atom is -0.464 e. The number of ether oxygens (including phenoxy) is 1. The van der Waals surface area contributed by atoms with Crippen LogP contribution in [0.2, 0.25) is 0 Å². The molecule has 3 heterocycles. The summed E-state index contributed by atoms with van der Waals surface area (Å²) >= 11 is 1.27. The predicted octanol–water partition coefficient (Wildman–Crippen LogP) is 1.70. The van der Waals surface area contributed by atoms with Gasteiger partial charge in [0.15, 0.2) is 11.5 Å². The lowest BCUT2D eigenvalue weighted by molar-refractivity contribution is 0.0590. The van der Waals surface area contributed by atoms with E-state index in [0.29, 0.717) is 33.5 Å². The molecule has 1 N–H and O–H groups in total. The maximum absolute atomic E-state index is 12.4. The lowest BCUT2D eigenvalue weighted by atomic mass is 10.1. The van der Waals surface area contributed by atoms with Crippen molar-refractivity contribution >= 4 is 40.1 Å². The summed E-state index contributed by atoms with van der Waals surface area (Å²) in [4.78, 5) is 37.4. The first kappa shape index (κ1) is 18.6. The van der Waals surface area contributed by atoms with E-state index in [4.69, 9.17) is 0 Å². The number of amides is 2. The van der Waals surface area contributed by atoms with E-state index in [9.17, 15) is 14.4 Å². The smallest absolute Gasteiger partial charge is 0.358 e. The third kappa shape index (κ3) is 3.67. The molecule has 1 aromatic carbocycles. The Balaban J connectivity index is 1.37. The average Bonchev–Trinajstić information content (AvgIpc) is 3.29. The van der Waals surface area contributed by atoms with Crippen molar-refractivity contribution < 1.29 is 19.1 Å². The standard InChI is InChI=1S/C18H14N6O4S/c1-28-17(27)12-6-7-13(21-20-12)19-18-23-22-14(29-18)8-9-24-15(25)10-4-2-3-5-11(10)16(24)26/h2-7H,8-9H2,1H3,(H,19,21,23). The van der Waals surface area contributed by atoms with Crippen LogP contribution < -0.4 is 5.32 Å². The molecular formula is C18H14N6O4S. The van der Waals surface area contributed by atoms with Gasteiger partial charge in [-0.15, -0.1) is 20.4 Å². The van der Waals surface area contributed by atoms with Gasteiger partial charge in [0, 0.05) is 13.0 Å². The zero-order valence-corrected chi connectivity index (χ0v) is 16.0. The van der Waals surface area contributed by atoms with E-state index in [2.05, 4.69) is 30.4 Å². The van der Waals surface area contributed by atoms with E-state index >= 15 is 0 Å². The van der Waals surface area contributed by atoms with Gasteiger partial charge in [0.05, 0.1) is 18.2 Å². The first-order valence-corrected chi connectivity index (χ1v) is 9.35. The Labute approximate surface area is 168 Å². The molecule has 0 bridgehead atoms. The molecule has 0 radical (unpaired) electrons. The Kier molecular flexibility index (Phi) is 4.96. The van der Waals surface area contributed by atoms with Crippen molar-refractivity contribution in [1.29, 1.82) is 0 Å². The summed E-state index contributed by atoms with van der Waals surface area (Å²) in [6, 6.07) is 9.81. The molecular weight excluding hydrogens is 396 g/mol. The second-order valence-electron chi connectivity index (χ2n) is 5.98. The van der Waals surface area contributed by atoms with Crippen LogP contribution in [0.4, 0.5) is 10.9 Å². The fourth-order valence-corrected chi connectivity index (χ4v) is 3.51. The number of nitrogens with one attached hydrogen (secondary N) is 1. The maximum atomic E-state index is 12.4. The summed E-state index contributed by atoms with van der Waals surface area (Å²) < 4.78 is 4.57. The van der Waals surface area contributed by atoms with Gasteiger partial charge in [-0.3, -0.25) is 14.5 Å². The van der Waals surface area contributed by atoms with Gasteiger partial charge in [-0.2, -0.15) is 0 Å². The molecule has 0 unspecified atom stereocenters. The number of benzene rings is 1. The molecule has 11 heteroatoms. The highest BCUT2D eigenvalue weighted by atomic mass is 32.1. The van der Waals surface area contributed by atoms with Gasteiger partial charge < -0.3 is 10.1 Å². The quantitative estimate of drug-likeness (QED) is 0.477. The second-order valence-corrected chi connectivity index (χ2v) is 7.04. The molecule has 0 atom stereocenters. The molecule has 4 rings (SSSR count). The highest BCUT2D eigenvalue weighted by molar-refractivity contribution is 7.15. The number of rotatable bonds is 6. The van der Waals surface area contributed by atoms with E-state index in [0.717, 1.165) is 0 Å². The number of fused-ring (bicyclic) bond motifs is 1. The van der Waals surface area contributed by atoms with Crippen molar-refractivity contribution in [3.63, 3.8) is 0 Å². The van der Waals surface area contributed by atoms with Crippen LogP contribution >= 0.6 is 11.3 Å². The predicted molar refractivity (Wildman–Crippen MR) is 102 cm³/mol. The summed E-state index contributed by atoms with van der Waals surface area (Å²) in [5, 5.41) is 19.8. The van der Waals surface area contributed by atoms with Crippen LogP contribution in [0.1, 0.15) is 36.2 Å². The Hall–Kier alpha value is -3.73. The summed E-state index contributed by atoms with van der Waals surface area (Å²) in [5.74, 6) is -0.778. The molecule has 0 saturated heterocycles. The van der Waals surface area contributed by atoms with Crippen LogP contribution in [-0.4, -0.2) is 56.7 Å². The Morgan fingerprint density at radius 3 is 2.38 bits per heavy atom. The lowest BCUT2D eigenvalue weighted by Gasteiger charge is -2.12. The zero-order valence-electron chi connectivity index (χ0n) is 15.2. The lowest BCUT2D eigenvalue weighted by Crippen LogP contribution is -2.31. The van der Waals surface area contributed by atoms with E-state index in [1.54, 1.807) is 30.3 Å². The van der Waals surface area contributed by atoms with Gasteiger partial charge in [-0.1, -0.05) is 23.5 Å². The van der Waals surface area contributed by atoms with Crippen molar-refractivity contribution in [2.24, 2.45) is 0 Å². The number of methoxy groups -OCH3 is 1. The summed E-state index contributed by atoms with van der Waals surface area (Å²) in [5.41, 5.74) is 0.939. The topological polar surface area (TPSA) is 127 Å². The molecule has 146 valence electrons. The Morgan fingerprint density at radius 1 is 1.03 bits per heavy atom. The van der Waals surface area contributed by atoms with Crippen LogP contribution in [0.5, 0.6) is 0 Å². The summed E-state index contributed by atoms with van der Waals surface area (Å²) in [6.45, 7) is 0.217. The molecule has 0 aliphatic carbocycles. The third-order valence-electron chi connectivity index (χ3n) is 4.19. The number of carbonyl (C=O) groups excluding carboxylic acids is 3. The van der Waals surface area contributed by atoms with Gasteiger partial charge in [0.25, 0.3) is 11.8 Å². The minimum absolute atomic E-state index is 0.0944.